The number of amides is 1. The van der Waals surface area contributed by atoms with E-state index in [1.807, 2.05) is 4.72 Å². The van der Waals surface area contributed by atoms with Crippen LogP contribution in [0.25, 0.3) is 0 Å². The van der Waals surface area contributed by atoms with Crippen LogP contribution in [0.4, 0.5) is 8.78 Å². The molecule has 0 aliphatic carbocycles. The summed E-state index contributed by atoms with van der Waals surface area (Å²) in [5, 5.41) is 9.65. The summed E-state index contributed by atoms with van der Waals surface area (Å²) in [6.07, 6.45) is -5.52. The fourth-order valence-corrected chi connectivity index (χ4v) is 4.27. The molecule has 172 valence electrons. The number of benzene rings is 1. The number of aliphatic imine (C=N–C) groups is 3. The van der Waals surface area contributed by atoms with Gasteiger partial charge in [0, 0.05) is 6.54 Å². The Hall–Kier alpha value is -3.17. The number of alkyl halides is 2. The molecule has 4 rings (SSSR count). The average molecular weight is 471 g/mol. The Kier molecular flexibility index (Phi) is 5.79. The standard InChI is InChI=1S/C17H19F2N7O5S/c18-11-10(5-24-32(29,30)25-16(28)8-3-1-2-4-9(8)27)31-17(12(11)19)26-7-23-13-14(20)21-6-22-15(13)26/h1-4,6-7,10-13,15,17,24,27H,5H2,(H,25,28)(H2,20,21,22)/t10-,11+,12-,13?,15?,17-/m1/s1. The van der Waals surface area contributed by atoms with Gasteiger partial charge in [-0.1, -0.05) is 12.1 Å². The van der Waals surface area contributed by atoms with Crippen molar-refractivity contribution >= 4 is 34.6 Å². The maximum atomic E-state index is 14.6. The van der Waals surface area contributed by atoms with Crippen molar-refractivity contribution in [1.29, 1.82) is 0 Å². The van der Waals surface area contributed by atoms with Gasteiger partial charge in [-0.05, 0) is 12.1 Å². The van der Waals surface area contributed by atoms with Crippen LogP contribution >= 0.6 is 0 Å². The van der Waals surface area contributed by atoms with Gasteiger partial charge in [0.05, 0.1) is 11.9 Å². The summed E-state index contributed by atoms with van der Waals surface area (Å²) in [5.74, 6) is -1.36. The van der Waals surface area contributed by atoms with Crippen LogP contribution in [0.1, 0.15) is 10.4 Å². The molecule has 12 nitrogen and oxygen atoms in total. The summed E-state index contributed by atoms with van der Waals surface area (Å²) in [4.78, 5) is 25.3. The molecule has 0 radical (unpaired) electrons. The fourth-order valence-electron chi connectivity index (χ4n) is 3.46. The minimum atomic E-state index is -4.46. The number of nitrogens with two attached hydrogens (primary N) is 1. The van der Waals surface area contributed by atoms with E-state index in [4.69, 9.17) is 10.5 Å². The van der Waals surface area contributed by atoms with E-state index >= 15 is 0 Å². The highest BCUT2D eigenvalue weighted by Crippen LogP contribution is 2.32. The molecule has 1 fully saturated rings. The summed E-state index contributed by atoms with van der Waals surface area (Å²) < 4.78 is 62.5. The Bertz CT molecular complexity index is 1100. The zero-order valence-electron chi connectivity index (χ0n) is 16.2. The number of para-hydroxylation sites is 1. The van der Waals surface area contributed by atoms with E-state index in [-0.39, 0.29) is 11.4 Å². The molecule has 0 bridgehead atoms. The molecule has 5 N–H and O–H groups in total. The lowest BCUT2D eigenvalue weighted by Crippen LogP contribution is -2.50. The first-order chi connectivity index (χ1) is 15.2. The largest absolute Gasteiger partial charge is 0.507 e. The van der Waals surface area contributed by atoms with Gasteiger partial charge in [-0.2, -0.15) is 13.1 Å². The smallest absolute Gasteiger partial charge is 0.301 e. The Labute approximate surface area is 181 Å². The summed E-state index contributed by atoms with van der Waals surface area (Å²) in [7, 11) is -4.46. The van der Waals surface area contributed by atoms with Crippen molar-refractivity contribution < 1.29 is 31.8 Å². The van der Waals surface area contributed by atoms with E-state index in [0.717, 1.165) is 0 Å². The molecule has 15 heteroatoms. The minimum absolute atomic E-state index is 0.165. The third kappa shape index (κ3) is 4.13. The van der Waals surface area contributed by atoms with Crippen LogP contribution < -0.4 is 15.2 Å². The van der Waals surface area contributed by atoms with Crippen molar-refractivity contribution in [3.8, 4) is 5.75 Å². The van der Waals surface area contributed by atoms with Crippen LogP contribution in [-0.4, -0.2) is 86.3 Å². The number of phenols is 1. The molecule has 3 aliphatic heterocycles. The molecule has 0 saturated carbocycles. The normalized spacial score (nSPS) is 31.4. The predicted octanol–water partition coefficient (Wildman–Crippen LogP) is -1.20. The number of nitrogens with one attached hydrogen (secondary N) is 2. The molecule has 1 aromatic rings. The first kappa shape index (κ1) is 22.0. The van der Waals surface area contributed by atoms with E-state index in [2.05, 4.69) is 15.0 Å². The van der Waals surface area contributed by atoms with E-state index < -0.39 is 65.3 Å². The van der Waals surface area contributed by atoms with Crippen molar-refractivity contribution in [3.63, 3.8) is 0 Å². The fraction of sp³-hybridized carbons (Fsp3) is 0.412. The van der Waals surface area contributed by atoms with Gasteiger partial charge in [0.1, 0.15) is 30.1 Å². The number of hydrogen-bond donors (Lipinski definition) is 4. The number of halogens is 2. The number of hydrogen-bond acceptors (Lipinski definition) is 10. The molecule has 0 spiro atoms. The lowest BCUT2D eigenvalue weighted by Gasteiger charge is -2.31. The van der Waals surface area contributed by atoms with E-state index in [1.54, 1.807) is 4.72 Å². The lowest BCUT2D eigenvalue weighted by molar-refractivity contribution is -0.0503. The van der Waals surface area contributed by atoms with Crippen molar-refractivity contribution in [2.45, 2.75) is 36.9 Å². The van der Waals surface area contributed by atoms with Crippen LogP contribution in [0.2, 0.25) is 0 Å². The van der Waals surface area contributed by atoms with Gasteiger partial charge in [0.15, 0.2) is 24.7 Å². The maximum absolute atomic E-state index is 14.6. The van der Waals surface area contributed by atoms with Crippen LogP contribution in [0, 0.1) is 0 Å². The Morgan fingerprint density at radius 2 is 2.00 bits per heavy atom. The molecular weight excluding hydrogens is 452 g/mol. The summed E-state index contributed by atoms with van der Waals surface area (Å²) in [6.45, 7) is -0.659. The van der Waals surface area contributed by atoms with Crippen LogP contribution in [0.15, 0.2) is 39.2 Å². The molecule has 2 unspecified atom stereocenters. The zero-order chi connectivity index (χ0) is 23.0. The number of fused-ring (bicyclic) bond motifs is 1. The Morgan fingerprint density at radius 1 is 1.25 bits per heavy atom. The number of aromatic hydroxyl groups is 1. The van der Waals surface area contributed by atoms with Crippen molar-refractivity contribution in [1.82, 2.24) is 14.3 Å². The number of rotatable bonds is 6. The van der Waals surface area contributed by atoms with Gasteiger partial charge in [0.2, 0.25) is 0 Å². The van der Waals surface area contributed by atoms with Gasteiger partial charge in [0.25, 0.3) is 5.91 Å². The van der Waals surface area contributed by atoms with Crippen molar-refractivity contribution in [2.75, 3.05) is 6.54 Å². The molecule has 0 aromatic heterocycles. The Balaban J connectivity index is 1.37. The average Bonchev–Trinajstić information content (AvgIpc) is 3.29. The first-order valence-electron chi connectivity index (χ1n) is 9.37. The lowest BCUT2D eigenvalue weighted by atomic mass is 10.1. The number of nitrogens with zero attached hydrogens (tertiary/aromatic N) is 4. The maximum Gasteiger partial charge on any atom is 0.301 e. The molecular formula is C17H19F2N7O5S. The highest BCUT2D eigenvalue weighted by molar-refractivity contribution is 7.88. The van der Waals surface area contributed by atoms with Crippen LogP contribution in [0.5, 0.6) is 5.75 Å². The highest BCUT2D eigenvalue weighted by Gasteiger charge is 2.52. The summed E-state index contributed by atoms with van der Waals surface area (Å²) in [6, 6.07) is 4.65. The van der Waals surface area contributed by atoms with Gasteiger partial charge < -0.3 is 20.5 Å². The number of ether oxygens (including phenoxy) is 1. The number of amidine groups is 1. The predicted molar refractivity (Wildman–Crippen MR) is 109 cm³/mol. The van der Waals surface area contributed by atoms with E-state index in [1.165, 1.54) is 41.8 Å². The molecule has 1 saturated heterocycles. The van der Waals surface area contributed by atoms with Gasteiger partial charge in [-0.15, -0.1) is 0 Å². The second-order valence-electron chi connectivity index (χ2n) is 7.14. The molecule has 3 aliphatic rings. The van der Waals surface area contributed by atoms with Crippen molar-refractivity contribution in [2.24, 2.45) is 20.7 Å². The highest BCUT2D eigenvalue weighted by atomic mass is 32.2. The van der Waals surface area contributed by atoms with Crippen molar-refractivity contribution in [3.05, 3.63) is 29.8 Å². The SMILES string of the molecule is NC1=NC=NC2C1N=CN2[C@@H]1O[C@H](CNS(=O)(=O)NC(=O)c2ccccc2O)[C@H](F)[C@H]1F. The third-order valence-electron chi connectivity index (χ3n) is 5.07. The van der Waals surface area contributed by atoms with Gasteiger partial charge in [-0.3, -0.25) is 9.79 Å². The van der Waals surface area contributed by atoms with Gasteiger partial charge in [-0.25, -0.2) is 23.5 Å². The van der Waals surface area contributed by atoms with E-state index in [0.29, 0.717) is 0 Å². The Morgan fingerprint density at radius 3 is 2.75 bits per heavy atom. The molecule has 6 atom stereocenters. The van der Waals surface area contributed by atoms with E-state index in [9.17, 15) is 27.1 Å². The molecule has 1 amide bonds. The second-order valence-corrected chi connectivity index (χ2v) is 8.64. The molecule has 3 heterocycles. The number of phenolic OH excluding ortho intramolecular Hbond substituents is 1. The monoisotopic (exact) mass is 471 g/mol. The first-order valence-corrected chi connectivity index (χ1v) is 10.8. The minimum Gasteiger partial charge on any atom is -0.507 e. The van der Waals surface area contributed by atoms with Crippen LogP contribution in [0.3, 0.4) is 0 Å². The summed E-state index contributed by atoms with van der Waals surface area (Å²) in [5.41, 5.74) is 5.46. The van der Waals surface area contributed by atoms with Gasteiger partial charge >= 0.3 is 10.2 Å². The number of carbonyl (C=O) groups is 1. The molecule has 1 aromatic carbocycles. The third-order valence-corrected chi connectivity index (χ3v) is 6.07. The summed E-state index contributed by atoms with van der Waals surface area (Å²) >= 11 is 0. The second kappa shape index (κ2) is 8.40. The quantitative estimate of drug-likeness (QED) is 0.403. The molecule has 32 heavy (non-hydrogen) atoms. The van der Waals surface area contributed by atoms with Crippen LogP contribution in [-0.2, 0) is 14.9 Å². The zero-order valence-corrected chi connectivity index (χ0v) is 17.1. The topological polar surface area (TPSA) is 171 Å². The number of carbonyl (C=O) groups excluding carboxylic acids is 1.